The SMILES string of the molecule is COc1ccc(-c2noc(CN3CCN(Cc4cc(C#N)ccc4F)CC3)n2)cc1. The van der Waals surface area contributed by atoms with Crippen LogP contribution in [0.3, 0.4) is 0 Å². The van der Waals surface area contributed by atoms with E-state index in [9.17, 15) is 4.39 Å². The van der Waals surface area contributed by atoms with Gasteiger partial charge in [-0.3, -0.25) is 9.80 Å². The number of nitrogens with zero attached hydrogens (tertiary/aromatic N) is 5. The number of aromatic nitrogens is 2. The molecule has 0 atom stereocenters. The second-order valence-corrected chi connectivity index (χ2v) is 7.21. The average Bonchev–Trinajstić information content (AvgIpc) is 3.25. The number of nitriles is 1. The van der Waals surface area contributed by atoms with Gasteiger partial charge in [0.1, 0.15) is 11.6 Å². The van der Waals surface area contributed by atoms with Crippen LogP contribution in [0.4, 0.5) is 4.39 Å². The third-order valence-corrected chi connectivity index (χ3v) is 5.21. The predicted molar refractivity (Wildman–Crippen MR) is 108 cm³/mol. The summed E-state index contributed by atoms with van der Waals surface area (Å²) in [6, 6.07) is 14.1. The summed E-state index contributed by atoms with van der Waals surface area (Å²) >= 11 is 0. The molecule has 7 nitrogen and oxygen atoms in total. The Bertz CT molecular complexity index is 1040. The van der Waals surface area contributed by atoms with Crippen LogP contribution >= 0.6 is 0 Å². The molecule has 0 spiro atoms. The zero-order valence-corrected chi connectivity index (χ0v) is 16.7. The van der Waals surface area contributed by atoms with Crippen LogP contribution in [0.2, 0.25) is 0 Å². The summed E-state index contributed by atoms with van der Waals surface area (Å²) in [5.41, 5.74) is 1.91. The fraction of sp³-hybridized carbons (Fsp3) is 0.318. The van der Waals surface area contributed by atoms with E-state index < -0.39 is 0 Å². The van der Waals surface area contributed by atoms with Gasteiger partial charge in [-0.05, 0) is 42.5 Å². The molecule has 0 radical (unpaired) electrons. The molecule has 4 rings (SSSR count). The van der Waals surface area contributed by atoms with Gasteiger partial charge in [-0.2, -0.15) is 10.2 Å². The first-order valence-electron chi connectivity index (χ1n) is 9.75. The third kappa shape index (κ3) is 4.64. The molecule has 1 aliphatic rings. The highest BCUT2D eigenvalue weighted by atomic mass is 19.1. The van der Waals surface area contributed by atoms with Crippen LogP contribution in [0, 0.1) is 17.1 Å². The highest BCUT2D eigenvalue weighted by Crippen LogP contribution is 2.20. The second-order valence-electron chi connectivity index (χ2n) is 7.21. The summed E-state index contributed by atoms with van der Waals surface area (Å²) in [7, 11) is 1.63. The molecule has 8 heteroatoms. The van der Waals surface area contributed by atoms with Crippen molar-refractivity contribution in [1.82, 2.24) is 19.9 Å². The molecule has 2 aromatic carbocycles. The molecule has 0 bridgehead atoms. The fourth-order valence-electron chi connectivity index (χ4n) is 3.48. The summed E-state index contributed by atoms with van der Waals surface area (Å²) in [4.78, 5) is 8.92. The first-order valence-corrected chi connectivity index (χ1v) is 9.75. The van der Waals surface area contributed by atoms with E-state index in [-0.39, 0.29) is 5.82 Å². The zero-order chi connectivity index (χ0) is 20.9. The Hall–Kier alpha value is -3.28. The molecule has 0 unspecified atom stereocenters. The van der Waals surface area contributed by atoms with E-state index in [1.54, 1.807) is 13.2 Å². The molecular weight excluding hydrogens is 385 g/mol. The number of hydrogen-bond donors (Lipinski definition) is 0. The largest absolute Gasteiger partial charge is 0.497 e. The lowest BCUT2D eigenvalue weighted by Crippen LogP contribution is -2.45. The van der Waals surface area contributed by atoms with E-state index in [0.717, 1.165) is 37.5 Å². The smallest absolute Gasteiger partial charge is 0.241 e. The van der Waals surface area contributed by atoms with Crippen molar-refractivity contribution in [2.24, 2.45) is 0 Å². The van der Waals surface area contributed by atoms with E-state index in [1.165, 1.54) is 12.1 Å². The normalized spacial score (nSPS) is 15.1. The molecule has 0 N–H and O–H groups in total. The van der Waals surface area contributed by atoms with E-state index in [0.29, 0.717) is 35.9 Å². The molecule has 0 amide bonds. The summed E-state index contributed by atoms with van der Waals surface area (Å²) in [6.07, 6.45) is 0. The van der Waals surface area contributed by atoms with Crippen LogP contribution in [0.5, 0.6) is 5.75 Å². The second kappa shape index (κ2) is 9.03. The topological polar surface area (TPSA) is 78.4 Å². The van der Waals surface area contributed by atoms with Crippen LogP contribution in [-0.4, -0.2) is 53.2 Å². The molecule has 30 heavy (non-hydrogen) atoms. The molecule has 3 aromatic rings. The van der Waals surface area contributed by atoms with Gasteiger partial charge in [-0.1, -0.05) is 5.16 Å². The van der Waals surface area contributed by atoms with Gasteiger partial charge in [0.05, 0.1) is 25.3 Å². The number of methoxy groups -OCH3 is 1. The molecule has 1 aliphatic heterocycles. The van der Waals surface area contributed by atoms with Gasteiger partial charge < -0.3 is 9.26 Å². The molecule has 0 aliphatic carbocycles. The third-order valence-electron chi connectivity index (χ3n) is 5.21. The van der Waals surface area contributed by atoms with Gasteiger partial charge in [0.15, 0.2) is 0 Å². The minimum absolute atomic E-state index is 0.270. The van der Waals surface area contributed by atoms with Gasteiger partial charge in [0.2, 0.25) is 11.7 Å². The number of benzene rings is 2. The van der Waals surface area contributed by atoms with Gasteiger partial charge >= 0.3 is 0 Å². The molecule has 1 fully saturated rings. The van der Waals surface area contributed by atoms with Crippen LogP contribution in [0.1, 0.15) is 17.0 Å². The van der Waals surface area contributed by atoms with E-state index in [4.69, 9.17) is 14.5 Å². The Morgan fingerprint density at radius 2 is 1.77 bits per heavy atom. The lowest BCUT2D eigenvalue weighted by molar-refractivity contribution is 0.111. The molecule has 154 valence electrons. The molecule has 1 saturated heterocycles. The fourth-order valence-corrected chi connectivity index (χ4v) is 3.48. The monoisotopic (exact) mass is 407 g/mol. The Morgan fingerprint density at radius 1 is 1.07 bits per heavy atom. The number of ether oxygens (including phenoxy) is 1. The number of halogens is 1. The van der Waals surface area contributed by atoms with Crippen molar-refractivity contribution in [3.63, 3.8) is 0 Å². The molecule has 1 aromatic heterocycles. The maximum Gasteiger partial charge on any atom is 0.241 e. The minimum Gasteiger partial charge on any atom is -0.497 e. The predicted octanol–water partition coefficient (Wildman–Crippen LogP) is 3.07. The van der Waals surface area contributed by atoms with Gasteiger partial charge in [0.25, 0.3) is 0 Å². The number of piperazine rings is 1. The summed E-state index contributed by atoms with van der Waals surface area (Å²) in [5.74, 6) is 1.63. The lowest BCUT2D eigenvalue weighted by atomic mass is 10.1. The van der Waals surface area contributed by atoms with E-state index in [1.807, 2.05) is 24.3 Å². The summed E-state index contributed by atoms with van der Waals surface area (Å²) < 4.78 is 24.6. The summed E-state index contributed by atoms with van der Waals surface area (Å²) in [5, 5.41) is 13.1. The lowest BCUT2D eigenvalue weighted by Gasteiger charge is -2.34. The molecular formula is C22H22FN5O2. The van der Waals surface area contributed by atoms with Crippen molar-refractivity contribution in [2.75, 3.05) is 33.3 Å². The van der Waals surface area contributed by atoms with Crippen molar-refractivity contribution in [3.8, 4) is 23.2 Å². The van der Waals surface area contributed by atoms with Crippen LogP contribution in [0.25, 0.3) is 11.4 Å². The number of rotatable bonds is 6. The quantitative estimate of drug-likeness (QED) is 0.621. The van der Waals surface area contributed by atoms with Crippen LogP contribution in [-0.2, 0) is 13.1 Å². The zero-order valence-electron chi connectivity index (χ0n) is 16.7. The van der Waals surface area contributed by atoms with Crippen molar-refractivity contribution in [3.05, 3.63) is 65.3 Å². The molecule has 2 heterocycles. The first-order chi connectivity index (χ1) is 14.6. The number of hydrogen-bond acceptors (Lipinski definition) is 7. The van der Waals surface area contributed by atoms with Crippen LogP contribution in [0.15, 0.2) is 47.0 Å². The Labute approximate surface area is 174 Å². The minimum atomic E-state index is -0.270. The Balaban J connectivity index is 1.31. The van der Waals surface area contributed by atoms with Gasteiger partial charge in [-0.25, -0.2) is 4.39 Å². The van der Waals surface area contributed by atoms with Gasteiger partial charge in [-0.15, -0.1) is 0 Å². The first kappa shape index (κ1) is 20.0. The highest BCUT2D eigenvalue weighted by molar-refractivity contribution is 5.55. The Morgan fingerprint density at radius 3 is 2.43 bits per heavy atom. The maximum atomic E-state index is 14.0. The summed E-state index contributed by atoms with van der Waals surface area (Å²) in [6.45, 7) is 4.32. The van der Waals surface area contributed by atoms with E-state index in [2.05, 4.69) is 26.0 Å². The van der Waals surface area contributed by atoms with Crippen molar-refractivity contribution in [1.29, 1.82) is 5.26 Å². The van der Waals surface area contributed by atoms with Crippen molar-refractivity contribution in [2.45, 2.75) is 13.1 Å². The molecule has 0 saturated carbocycles. The van der Waals surface area contributed by atoms with Crippen molar-refractivity contribution >= 4 is 0 Å². The maximum absolute atomic E-state index is 14.0. The Kier molecular flexibility index (Phi) is 6.02. The van der Waals surface area contributed by atoms with Crippen molar-refractivity contribution < 1.29 is 13.7 Å². The van der Waals surface area contributed by atoms with E-state index >= 15 is 0 Å². The average molecular weight is 407 g/mol. The highest BCUT2D eigenvalue weighted by Gasteiger charge is 2.20. The van der Waals surface area contributed by atoms with Crippen LogP contribution < -0.4 is 4.74 Å². The van der Waals surface area contributed by atoms with Gasteiger partial charge in [0, 0.05) is 43.9 Å². The standard InChI is InChI=1S/C22H22FN5O2/c1-29-19-5-3-17(4-6-19)22-25-21(30-26-22)15-28-10-8-27(9-11-28)14-18-12-16(13-24)2-7-20(18)23/h2-7,12H,8-11,14-15H2,1H3.